The maximum atomic E-state index is 12.3. The molecule has 0 saturated heterocycles. The first-order valence-electron chi connectivity index (χ1n) is 10.2. The lowest BCUT2D eigenvalue weighted by molar-refractivity contribution is -0.137. The van der Waals surface area contributed by atoms with Gasteiger partial charge in [0.15, 0.2) is 5.82 Å². The van der Waals surface area contributed by atoms with Gasteiger partial charge in [0.1, 0.15) is 12.3 Å². The minimum atomic E-state index is -0.921. The molecule has 0 saturated carbocycles. The molecule has 4 N–H and O–H groups in total. The number of benzene rings is 2. The molecule has 1 aliphatic carbocycles. The van der Waals surface area contributed by atoms with Crippen LogP contribution in [0.3, 0.4) is 0 Å². The third-order valence-corrected chi connectivity index (χ3v) is 5.25. The lowest BCUT2D eigenvalue weighted by Gasteiger charge is -2.14. The number of ether oxygens (including phenoxy) is 1. The van der Waals surface area contributed by atoms with Gasteiger partial charge in [0.25, 0.3) is 5.91 Å². The number of anilines is 1. The van der Waals surface area contributed by atoms with Crippen LogP contribution < -0.4 is 10.6 Å². The van der Waals surface area contributed by atoms with E-state index in [0.29, 0.717) is 6.42 Å². The average Bonchev–Trinajstić information content (AvgIpc) is 3.38. The number of carbonyl (C=O) groups is 3. The third kappa shape index (κ3) is 4.61. The fourth-order valence-corrected chi connectivity index (χ4v) is 3.78. The van der Waals surface area contributed by atoms with Crippen LogP contribution in [-0.2, 0) is 9.53 Å². The molecule has 0 spiro atoms. The van der Waals surface area contributed by atoms with Crippen molar-refractivity contribution in [1.82, 2.24) is 15.5 Å². The Hall–Kier alpha value is -4.14. The minimum Gasteiger partial charge on any atom is -0.481 e. The predicted molar refractivity (Wildman–Crippen MR) is 116 cm³/mol. The number of hydrogen-bond acceptors (Lipinski definition) is 5. The van der Waals surface area contributed by atoms with Gasteiger partial charge in [-0.25, -0.2) is 4.79 Å². The molecule has 0 atom stereocenters. The highest BCUT2D eigenvalue weighted by Gasteiger charge is 2.29. The second kappa shape index (κ2) is 9.34. The number of carboxylic acid groups (broad SMARTS) is 1. The third-order valence-electron chi connectivity index (χ3n) is 5.25. The summed E-state index contributed by atoms with van der Waals surface area (Å²) in [6.07, 6.45) is -0.385. The standard InChI is InChI=1S/C23H22N4O5/c28-21(29)10-5-11-24-22(30)19-12-20(27-26-19)25-23(31)32-13-18-16-8-3-1-6-14(16)15-7-2-4-9-17(15)18/h1-4,6-9,12,18H,5,10-11,13H2,(H,24,30)(H,28,29)(H2,25,26,27,31). The Balaban J connectivity index is 1.32. The molecule has 1 aliphatic rings. The van der Waals surface area contributed by atoms with Crippen LogP contribution in [0.1, 0.15) is 40.4 Å². The fourth-order valence-electron chi connectivity index (χ4n) is 3.78. The van der Waals surface area contributed by atoms with Gasteiger partial charge in [-0.3, -0.25) is 20.0 Å². The van der Waals surface area contributed by atoms with E-state index in [9.17, 15) is 14.4 Å². The number of amides is 2. The van der Waals surface area contributed by atoms with E-state index in [0.717, 1.165) is 22.3 Å². The number of aromatic amines is 1. The summed E-state index contributed by atoms with van der Waals surface area (Å²) >= 11 is 0. The van der Waals surface area contributed by atoms with Gasteiger partial charge >= 0.3 is 12.1 Å². The number of aromatic nitrogens is 2. The van der Waals surface area contributed by atoms with Gasteiger partial charge in [-0.2, -0.15) is 5.10 Å². The maximum absolute atomic E-state index is 12.3. The molecule has 1 aromatic heterocycles. The quantitative estimate of drug-likeness (QED) is 0.402. The molecule has 0 aliphatic heterocycles. The van der Waals surface area contributed by atoms with Crippen molar-refractivity contribution in [3.8, 4) is 11.1 Å². The van der Waals surface area contributed by atoms with Crippen LogP contribution in [0.5, 0.6) is 0 Å². The number of nitrogens with zero attached hydrogens (tertiary/aromatic N) is 1. The molecule has 2 aromatic carbocycles. The maximum Gasteiger partial charge on any atom is 0.412 e. The number of H-pyrrole nitrogens is 1. The zero-order valence-corrected chi connectivity index (χ0v) is 17.1. The number of fused-ring (bicyclic) bond motifs is 3. The normalized spacial score (nSPS) is 12.0. The van der Waals surface area contributed by atoms with Crippen molar-refractivity contribution < 1.29 is 24.2 Å². The van der Waals surface area contributed by atoms with Gasteiger partial charge in [0.05, 0.1) is 0 Å². The van der Waals surface area contributed by atoms with Crippen molar-refractivity contribution in [2.24, 2.45) is 0 Å². The van der Waals surface area contributed by atoms with E-state index in [1.807, 2.05) is 36.4 Å². The highest BCUT2D eigenvalue weighted by Crippen LogP contribution is 2.44. The molecule has 164 valence electrons. The van der Waals surface area contributed by atoms with Crippen LogP contribution in [0.25, 0.3) is 11.1 Å². The molecule has 0 unspecified atom stereocenters. The molecule has 0 fully saturated rings. The second-order valence-corrected chi connectivity index (χ2v) is 7.37. The summed E-state index contributed by atoms with van der Waals surface area (Å²) in [5.74, 6) is -1.27. The van der Waals surface area contributed by atoms with Crippen LogP contribution in [0.15, 0.2) is 54.6 Å². The summed E-state index contributed by atoms with van der Waals surface area (Å²) in [6.45, 7) is 0.389. The molecule has 9 nitrogen and oxygen atoms in total. The van der Waals surface area contributed by atoms with Crippen molar-refractivity contribution in [3.63, 3.8) is 0 Å². The van der Waals surface area contributed by atoms with Crippen molar-refractivity contribution >= 4 is 23.8 Å². The number of carboxylic acids is 1. The molecule has 4 rings (SSSR count). The monoisotopic (exact) mass is 434 g/mol. The van der Waals surface area contributed by atoms with E-state index in [-0.39, 0.29) is 37.0 Å². The van der Waals surface area contributed by atoms with Gasteiger partial charge < -0.3 is 15.2 Å². The van der Waals surface area contributed by atoms with E-state index in [1.165, 1.54) is 6.07 Å². The van der Waals surface area contributed by atoms with Crippen molar-refractivity contribution in [2.45, 2.75) is 18.8 Å². The van der Waals surface area contributed by atoms with Crippen LogP contribution in [0, 0.1) is 0 Å². The Morgan fingerprint density at radius 1 is 1.03 bits per heavy atom. The number of aliphatic carboxylic acids is 1. The Kier molecular flexibility index (Phi) is 6.16. The average molecular weight is 434 g/mol. The molecule has 2 amide bonds. The summed E-state index contributed by atoms with van der Waals surface area (Å²) in [6, 6.07) is 17.5. The summed E-state index contributed by atoms with van der Waals surface area (Å²) in [5.41, 5.74) is 4.66. The predicted octanol–water partition coefficient (Wildman–Crippen LogP) is 3.37. The van der Waals surface area contributed by atoms with E-state index >= 15 is 0 Å². The smallest absolute Gasteiger partial charge is 0.412 e. The number of nitrogens with one attached hydrogen (secondary N) is 3. The Bertz CT molecular complexity index is 1110. The van der Waals surface area contributed by atoms with Crippen LogP contribution in [0.4, 0.5) is 10.6 Å². The number of rotatable bonds is 8. The highest BCUT2D eigenvalue weighted by molar-refractivity contribution is 5.94. The number of hydrogen-bond donors (Lipinski definition) is 4. The topological polar surface area (TPSA) is 133 Å². The number of carbonyl (C=O) groups excluding carboxylic acids is 2. The minimum absolute atomic E-state index is 0.0299. The second-order valence-electron chi connectivity index (χ2n) is 7.37. The van der Waals surface area contributed by atoms with E-state index in [1.54, 1.807) is 0 Å². The van der Waals surface area contributed by atoms with E-state index in [2.05, 4.69) is 33.0 Å². The lowest BCUT2D eigenvalue weighted by Crippen LogP contribution is -2.25. The summed E-state index contributed by atoms with van der Waals surface area (Å²) in [5, 5.41) is 20.1. The van der Waals surface area contributed by atoms with Crippen molar-refractivity contribution in [2.75, 3.05) is 18.5 Å². The molecule has 0 bridgehead atoms. The zero-order chi connectivity index (χ0) is 22.5. The summed E-state index contributed by atoms with van der Waals surface area (Å²) in [4.78, 5) is 34.8. The zero-order valence-electron chi connectivity index (χ0n) is 17.1. The van der Waals surface area contributed by atoms with E-state index < -0.39 is 18.0 Å². The van der Waals surface area contributed by atoms with Crippen LogP contribution >= 0.6 is 0 Å². The van der Waals surface area contributed by atoms with Gasteiger partial charge in [-0.15, -0.1) is 0 Å². The van der Waals surface area contributed by atoms with Crippen molar-refractivity contribution in [1.29, 1.82) is 0 Å². The summed E-state index contributed by atoms with van der Waals surface area (Å²) in [7, 11) is 0. The summed E-state index contributed by atoms with van der Waals surface area (Å²) < 4.78 is 5.46. The Morgan fingerprint density at radius 2 is 1.69 bits per heavy atom. The molecular weight excluding hydrogens is 412 g/mol. The van der Waals surface area contributed by atoms with E-state index in [4.69, 9.17) is 9.84 Å². The first-order chi connectivity index (χ1) is 15.5. The van der Waals surface area contributed by atoms with Crippen LogP contribution in [-0.4, -0.2) is 46.4 Å². The lowest BCUT2D eigenvalue weighted by atomic mass is 9.98. The molecule has 9 heteroatoms. The molecule has 32 heavy (non-hydrogen) atoms. The van der Waals surface area contributed by atoms with Gasteiger partial charge in [-0.05, 0) is 28.7 Å². The van der Waals surface area contributed by atoms with Gasteiger partial charge in [0, 0.05) is 24.9 Å². The highest BCUT2D eigenvalue weighted by atomic mass is 16.5. The SMILES string of the molecule is O=C(O)CCCNC(=O)c1cc(NC(=O)OCC2c3ccccc3-c3ccccc32)n[nH]1. The molecule has 3 aromatic rings. The van der Waals surface area contributed by atoms with Crippen molar-refractivity contribution in [3.05, 3.63) is 71.4 Å². The fraction of sp³-hybridized carbons (Fsp3) is 0.217. The molecular formula is C23H22N4O5. The largest absolute Gasteiger partial charge is 0.481 e. The van der Waals surface area contributed by atoms with Crippen LogP contribution in [0.2, 0.25) is 0 Å². The first kappa shape index (κ1) is 21.1. The molecule has 0 radical (unpaired) electrons. The molecule has 1 heterocycles. The van der Waals surface area contributed by atoms with Gasteiger partial charge in [0.2, 0.25) is 0 Å². The first-order valence-corrected chi connectivity index (χ1v) is 10.2. The Morgan fingerprint density at radius 3 is 2.34 bits per heavy atom. The Labute approximate surface area is 183 Å². The van der Waals surface area contributed by atoms with Gasteiger partial charge in [-0.1, -0.05) is 48.5 Å².